The molecule has 3 rings (SSSR count). The molecular formula is C18H23N5O2. The molecule has 0 aliphatic carbocycles. The van der Waals surface area contributed by atoms with Crippen LogP contribution >= 0.6 is 0 Å². The average Bonchev–Trinajstić information content (AvgIpc) is 2.99. The molecule has 0 spiro atoms. The van der Waals surface area contributed by atoms with Crippen LogP contribution in [0.2, 0.25) is 0 Å². The third kappa shape index (κ3) is 4.06. The van der Waals surface area contributed by atoms with Crippen molar-refractivity contribution < 1.29 is 9.53 Å². The predicted molar refractivity (Wildman–Crippen MR) is 95.1 cm³/mol. The molecule has 2 aliphatic heterocycles. The molecule has 1 amide bonds. The fraction of sp³-hybridized carbons (Fsp3) is 0.389. The van der Waals surface area contributed by atoms with Crippen LogP contribution in [0.3, 0.4) is 0 Å². The van der Waals surface area contributed by atoms with Gasteiger partial charge in [-0.2, -0.15) is 0 Å². The van der Waals surface area contributed by atoms with Gasteiger partial charge in [0, 0.05) is 30.7 Å². The van der Waals surface area contributed by atoms with Crippen molar-refractivity contribution in [2.24, 2.45) is 4.99 Å². The van der Waals surface area contributed by atoms with Gasteiger partial charge in [-0.3, -0.25) is 9.88 Å². The highest BCUT2D eigenvalue weighted by atomic mass is 16.6. The molecule has 7 nitrogen and oxygen atoms in total. The Morgan fingerprint density at radius 1 is 1.44 bits per heavy atom. The van der Waals surface area contributed by atoms with Crippen molar-refractivity contribution in [1.82, 2.24) is 20.3 Å². The van der Waals surface area contributed by atoms with Crippen LogP contribution in [0.25, 0.3) is 0 Å². The minimum absolute atomic E-state index is 0.354. The molecule has 132 valence electrons. The fourth-order valence-electron chi connectivity index (χ4n) is 2.59. The molecule has 0 aromatic carbocycles. The number of allylic oxidation sites excluding steroid dienone is 1. The molecule has 0 radical (unpaired) electrons. The largest absolute Gasteiger partial charge is 0.443 e. The number of hydrazine groups is 1. The molecule has 0 bridgehead atoms. The van der Waals surface area contributed by atoms with Gasteiger partial charge >= 0.3 is 6.09 Å². The monoisotopic (exact) mass is 341 g/mol. The molecule has 0 unspecified atom stereocenters. The highest BCUT2D eigenvalue weighted by Crippen LogP contribution is 2.26. The molecule has 0 atom stereocenters. The van der Waals surface area contributed by atoms with Gasteiger partial charge in [0.25, 0.3) is 0 Å². The SMILES string of the molecule is CC1=NC2=CCNN2C(N(Cc2cccnc2)C(=O)OC(C)(C)C)=C1. The highest BCUT2D eigenvalue weighted by molar-refractivity contribution is 5.95. The standard InChI is InChI=1S/C18H23N5O2/c1-13-10-16(23-15(21-13)7-9-20-23)22(17(24)25-18(2,3)4)12-14-6-5-8-19-11-14/h5-8,10-11,20H,9,12H2,1-4H3. The summed E-state index contributed by atoms with van der Waals surface area (Å²) in [7, 11) is 0. The summed E-state index contributed by atoms with van der Waals surface area (Å²) in [4.78, 5) is 23.1. The highest BCUT2D eigenvalue weighted by Gasteiger charge is 2.32. The Balaban J connectivity index is 1.94. The number of hydrogen-bond acceptors (Lipinski definition) is 6. The van der Waals surface area contributed by atoms with Crippen molar-refractivity contribution in [3.8, 4) is 0 Å². The number of pyridine rings is 1. The van der Waals surface area contributed by atoms with Crippen molar-refractivity contribution in [2.45, 2.75) is 39.8 Å². The van der Waals surface area contributed by atoms with Gasteiger partial charge in [-0.25, -0.2) is 20.2 Å². The Hall–Kier alpha value is -2.67. The van der Waals surface area contributed by atoms with E-state index in [-0.39, 0.29) is 0 Å². The van der Waals surface area contributed by atoms with Gasteiger partial charge in [0.2, 0.25) is 0 Å². The van der Waals surface area contributed by atoms with Crippen molar-refractivity contribution >= 4 is 11.8 Å². The molecule has 1 aromatic rings. The Morgan fingerprint density at radius 2 is 2.24 bits per heavy atom. The number of fused-ring (bicyclic) bond motifs is 1. The molecule has 2 aliphatic rings. The number of ether oxygens (including phenoxy) is 1. The number of aromatic nitrogens is 1. The van der Waals surface area contributed by atoms with Crippen LogP contribution in [0.5, 0.6) is 0 Å². The maximum absolute atomic E-state index is 12.9. The van der Waals surface area contributed by atoms with Crippen LogP contribution in [0.4, 0.5) is 4.79 Å². The second-order valence-electron chi connectivity index (χ2n) is 6.94. The van der Waals surface area contributed by atoms with E-state index in [2.05, 4.69) is 15.4 Å². The lowest BCUT2D eigenvalue weighted by Crippen LogP contribution is -2.45. The fourth-order valence-corrected chi connectivity index (χ4v) is 2.59. The Morgan fingerprint density at radius 3 is 2.92 bits per heavy atom. The first-order valence-electron chi connectivity index (χ1n) is 8.24. The average molecular weight is 341 g/mol. The third-order valence-electron chi connectivity index (χ3n) is 3.58. The normalized spacial score (nSPS) is 16.6. The maximum Gasteiger partial charge on any atom is 0.416 e. The number of amides is 1. The van der Waals surface area contributed by atoms with E-state index in [0.29, 0.717) is 18.9 Å². The Bertz CT molecular complexity index is 746. The van der Waals surface area contributed by atoms with Gasteiger partial charge in [0.1, 0.15) is 17.2 Å². The molecule has 0 saturated heterocycles. The summed E-state index contributed by atoms with van der Waals surface area (Å²) in [5.74, 6) is 1.48. The number of carbonyl (C=O) groups excluding carboxylic acids is 1. The van der Waals surface area contributed by atoms with E-state index in [1.165, 1.54) is 0 Å². The quantitative estimate of drug-likeness (QED) is 0.915. The summed E-state index contributed by atoms with van der Waals surface area (Å²) >= 11 is 0. The number of hydrogen-bond donors (Lipinski definition) is 1. The van der Waals surface area contributed by atoms with Gasteiger partial charge in [-0.15, -0.1) is 0 Å². The zero-order chi connectivity index (χ0) is 18.0. The van der Waals surface area contributed by atoms with E-state index < -0.39 is 11.7 Å². The van der Waals surface area contributed by atoms with Crippen LogP contribution in [0.15, 0.2) is 53.3 Å². The van der Waals surface area contributed by atoms with Gasteiger partial charge in [-0.05, 0) is 45.4 Å². The lowest BCUT2D eigenvalue weighted by atomic mass is 10.2. The van der Waals surface area contributed by atoms with Crippen LogP contribution in [0.1, 0.15) is 33.3 Å². The zero-order valence-corrected chi connectivity index (χ0v) is 15.0. The van der Waals surface area contributed by atoms with E-state index >= 15 is 0 Å². The summed E-state index contributed by atoms with van der Waals surface area (Å²) < 4.78 is 5.62. The van der Waals surface area contributed by atoms with E-state index in [9.17, 15) is 4.79 Å². The first-order chi connectivity index (χ1) is 11.8. The summed E-state index contributed by atoms with van der Waals surface area (Å²) in [6.45, 7) is 8.50. The second kappa shape index (κ2) is 6.68. The summed E-state index contributed by atoms with van der Waals surface area (Å²) in [5, 5.41) is 1.81. The van der Waals surface area contributed by atoms with Crippen molar-refractivity contribution in [2.75, 3.05) is 6.54 Å². The zero-order valence-electron chi connectivity index (χ0n) is 15.0. The van der Waals surface area contributed by atoms with Crippen molar-refractivity contribution in [3.63, 3.8) is 0 Å². The number of nitrogens with one attached hydrogen (secondary N) is 1. The minimum Gasteiger partial charge on any atom is -0.443 e. The number of carbonyl (C=O) groups is 1. The summed E-state index contributed by atoms with van der Waals surface area (Å²) in [5.41, 5.74) is 4.38. The van der Waals surface area contributed by atoms with E-state index in [0.717, 1.165) is 17.1 Å². The molecule has 25 heavy (non-hydrogen) atoms. The first kappa shape index (κ1) is 17.2. The third-order valence-corrected chi connectivity index (χ3v) is 3.58. The first-order valence-corrected chi connectivity index (χ1v) is 8.24. The molecule has 1 N–H and O–H groups in total. The van der Waals surface area contributed by atoms with Gasteiger partial charge < -0.3 is 4.74 Å². The van der Waals surface area contributed by atoms with E-state index in [4.69, 9.17) is 4.74 Å². The molecular weight excluding hydrogens is 318 g/mol. The molecule has 0 saturated carbocycles. The van der Waals surface area contributed by atoms with E-state index in [1.807, 2.05) is 57.0 Å². The topological polar surface area (TPSA) is 70.1 Å². The Kier molecular flexibility index (Phi) is 4.59. The van der Waals surface area contributed by atoms with Crippen LogP contribution in [-0.2, 0) is 11.3 Å². The van der Waals surface area contributed by atoms with Crippen molar-refractivity contribution in [1.29, 1.82) is 0 Å². The maximum atomic E-state index is 12.9. The number of rotatable bonds is 3. The smallest absolute Gasteiger partial charge is 0.416 e. The predicted octanol–water partition coefficient (Wildman–Crippen LogP) is 2.80. The van der Waals surface area contributed by atoms with Crippen molar-refractivity contribution in [3.05, 3.63) is 53.9 Å². The second-order valence-corrected chi connectivity index (χ2v) is 6.94. The minimum atomic E-state index is -0.584. The van der Waals surface area contributed by atoms with Crippen LogP contribution in [-0.4, -0.2) is 38.8 Å². The Labute approximate surface area is 147 Å². The number of aliphatic imine (C=N–C) groups is 1. The van der Waals surface area contributed by atoms with Crippen LogP contribution < -0.4 is 5.43 Å². The lowest BCUT2D eigenvalue weighted by Gasteiger charge is -2.35. The number of nitrogens with zero attached hydrogens (tertiary/aromatic N) is 4. The molecule has 0 fully saturated rings. The molecule has 7 heteroatoms. The van der Waals surface area contributed by atoms with Gasteiger partial charge in [0.15, 0.2) is 0 Å². The lowest BCUT2D eigenvalue weighted by molar-refractivity contribution is 0.0234. The molecule has 1 aromatic heterocycles. The summed E-state index contributed by atoms with van der Waals surface area (Å²) in [6.07, 6.45) is 6.89. The van der Waals surface area contributed by atoms with Gasteiger partial charge in [-0.1, -0.05) is 6.07 Å². The summed E-state index contributed by atoms with van der Waals surface area (Å²) in [6, 6.07) is 3.78. The van der Waals surface area contributed by atoms with Crippen LogP contribution in [0, 0.1) is 0 Å². The molecule has 3 heterocycles. The van der Waals surface area contributed by atoms with E-state index in [1.54, 1.807) is 17.3 Å². The van der Waals surface area contributed by atoms with Gasteiger partial charge in [0.05, 0.1) is 6.54 Å².